The fraction of sp³-hybridized carbons (Fsp3) is 0.154. The average molecular weight is 464 g/mol. The second-order valence-electron chi connectivity index (χ2n) is 7.72. The number of nitrogens with two attached hydrogens (primary N) is 1. The van der Waals surface area contributed by atoms with E-state index in [1.165, 1.54) is 12.1 Å². The molecule has 0 bridgehead atoms. The van der Waals surface area contributed by atoms with E-state index in [1.54, 1.807) is 66.7 Å². The van der Waals surface area contributed by atoms with E-state index in [9.17, 15) is 18.4 Å². The summed E-state index contributed by atoms with van der Waals surface area (Å²) in [5.41, 5.74) is 8.16. The van der Waals surface area contributed by atoms with Crippen LogP contribution in [0.15, 0.2) is 72.8 Å². The molecule has 8 heteroatoms. The van der Waals surface area contributed by atoms with Crippen LogP contribution in [0, 0.1) is 0 Å². The van der Waals surface area contributed by atoms with Crippen molar-refractivity contribution < 1.29 is 27.8 Å². The SMILES string of the molecule is Nc1ccccc1NC(=O)c1ccc(C(=O)/C=C/c2ccc(OC(F)F)c(OC3CC3)c2)cc1. The van der Waals surface area contributed by atoms with Crippen molar-refractivity contribution in [3.63, 3.8) is 0 Å². The van der Waals surface area contributed by atoms with Crippen LogP contribution in [0.4, 0.5) is 20.2 Å². The van der Waals surface area contributed by atoms with Crippen molar-refractivity contribution in [3.8, 4) is 11.5 Å². The van der Waals surface area contributed by atoms with Crippen LogP contribution in [-0.4, -0.2) is 24.4 Å². The highest BCUT2D eigenvalue weighted by atomic mass is 19.3. The van der Waals surface area contributed by atoms with Gasteiger partial charge in [-0.05, 0) is 60.9 Å². The molecule has 0 atom stereocenters. The summed E-state index contributed by atoms with van der Waals surface area (Å²) in [7, 11) is 0. The van der Waals surface area contributed by atoms with Gasteiger partial charge in [-0.3, -0.25) is 9.59 Å². The van der Waals surface area contributed by atoms with Gasteiger partial charge in [0.05, 0.1) is 17.5 Å². The molecule has 3 aromatic rings. The maximum absolute atomic E-state index is 12.6. The molecular weight excluding hydrogens is 442 g/mol. The number of nitrogens with one attached hydrogen (secondary N) is 1. The fourth-order valence-electron chi connectivity index (χ4n) is 3.14. The predicted molar refractivity (Wildman–Crippen MR) is 125 cm³/mol. The number of carbonyl (C=O) groups excluding carboxylic acids is 2. The lowest BCUT2D eigenvalue weighted by atomic mass is 10.1. The van der Waals surface area contributed by atoms with Gasteiger partial charge in [-0.1, -0.05) is 36.4 Å². The Bertz CT molecular complexity index is 1220. The molecule has 0 spiro atoms. The Hall–Kier alpha value is -4.20. The molecule has 1 amide bonds. The van der Waals surface area contributed by atoms with Crippen LogP contribution >= 0.6 is 0 Å². The van der Waals surface area contributed by atoms with E-state index in [1.807, 2.05) is 0 Å². The first kappa shape index (κ1) is 23.0. The number of alkyl halides is 2. The summed E-state index contributed by atoms with van der Waals surface area (Å²) in [5.74, 6) is -0.457. The van der Waals surface area contributed by atoms with Crippen LogP contribution in [0.2, 0.25) is 0 Å². The molecule has 0 radical (unpaired) electrons. The zero-order valence-corrected chi connectivity index (χ0v) is 18.0. The Morgan fingerprint density at radius 2 is 1.68 bits per heavy atom. The van der Waals surface area contributed by atoms with E-state index < -0.39 is 6.61 Å². The Balaban J connectivity index is 1.42. The van der Waals surface area contributed by atoms with Gasteiger partial charge < -0.3 is 20.5 Å². The van der Waals surface area contributed by atoms with Crippen molar-refractivity contribution in [1.82, 2.24) is 0 Å². The molecule has 174 valence electrons. The average Bonchev–Trinajstić information content (AvgIpc) is 3.64. The molecule has 3 aromatic carbocycles. The number of anilines is 2. The third kappa shape index (κ3) is 5.98. The lowest BCUT2D eigenvalue weighted by Gasteiger charge is -2.12. The van der Waals surface area contributed by atoms with Gasteiger partial charge in [0.1, 0.15) is 0 Å². The van der Waals surface area contributed by atoms with Crippen LogP contribution in [0.3, 0.4) is 0 Å². The first-order valence-corrected chi connectivity index (χ1v) is 10.6. The minimum atomic E-state index is -2.96. The van der Waals surface area contributed by atoms with E-state index in [0.29, 0.717) is 28.1 Å². The monoisotopic (exact) mass is 464 g/mol. The van der Waals surface area contributed by atoms with Crippen LogP contribution in [0.1, 0.15) is 39.1 Å². The summed E-state index contributed by atoms with van der Waals surface area (Å²) >= 11 is 0. The second-order valence-corrected chi connectivity index (χ2v) is 7.72. The Morgan fingerprint density at radius 3 is 2.35 bits per heavy atom. The summed E-state index contributed by atoms with van der Waals surface area (Å²) in [4.78, 5) is 25.0. The number of hydrogen-bond donors (Lipinski definition) is 2. The number of benzene rings is 3. The van der Waals surface area contributed by atoms with E-state index >= 15 is 0 Å². The molecule has 0 saturated heterocycles. The Labute approximate surface area is 195 Å². The van der Waals surface area contributed by atoms with Gasteiger partial charge in [-0.25, -0.2) is 0 Å². The minimum Gasteiger partial charge on any atom is -0.487 e. The van der Waals surface area contributed by atoms with Gasteiger partial charge in [-0.15, -0.1) is 0 Å². The van der Waals surface area contributed by atoms with Crippen molar-refractivity contribution in [1.29, 1.82) is 0 Å². The quantitative estimate of drug-likeness (QED) is 0.246. The highest BCUT2D eigenvalue weighted by Crippen LogP contribution is 2.35. The number of nitrogen functional groups attached to an aromatic ring is 1. The lowest BCUT2D eigenvalue weighted by molar-refractivity contribution is -0.0516. The number of para-hydroxylation sites is 2. The number of hydrogen-bond acceptors (Lipinski definition) is 5. The Kier molecular flexibility index (Phi) is 6.87. The highest BCUT2D eigenvalue weighted by molar-refractivity contribution is 6.09. The molecule has 4 rings (SSSR count). The van der Waals surface area contributed by atoms with Crippen LogP contribution < -0.4 is 20.5 Å². The molecule has 6 nitrogen and oxygen atoms in total. The van der Waals surface area contributed by atoms with Crippen molar-refractivity contribution in [2.45, 2.75) is 25.6 Å². The summed E-state index contributed by atoms with van der Waals surface area (Å²) in [6.45, 7) is -2.96. The van der Waals surface area contributed by atoms with E-state index in [-0.39, 0.29) is 29.3 Å². The molecule has 3 N–H and O–H groups in total. The van der Waals surface area contributed by atoms with E-state index in [0.717, 1.165) is 12.8 Å². The first-order valence-electron chi connectivity index (χ1n) is 10.6. The van der Waals surface area contributed by atoms with Crippen molar-refractivity contribution in [3.05, 3.63) is 89.5 Å². The third-order valence-electron chi connectivity index (χ3n) is 5.07. The van der Waals surface area contributed by atoms with E-state index in [4.69, 9.17) is 10.5 Å². The zero-order chi connectivity index (χ0) is 24.1. The largest absolute Gasteiger partial charge is 0.487 e. The van der Waals surface area contributed by atoms with Crippen molar-refractivity contribution in [2.24, 2.45) is 0 Å². The first-order chi connectivity index (χ1) is 16.4. The van der Waals surface area contributed by atoms with Crippen LogP contribution in [-0.2, 0) is 0 Å². The molecule has 34 heavy (non-hydrogen) atoms. The van der Waals surface area contributed by atoms with Gasteiger partial charge in [0.15, 0.2) is 17.3 Å². The second kappa shape index (κ2) is 10.2. The summed E-state index contributed by atoms with van der Waals surface area (Å²) < 4.78 is 35.4. The number of allylic oxidation sites excluding steroid dienone is 1. The molecule has 0 heterocycles. The lowest BCUT2D eigenvalue weighted by Crippen LogP contribution is -2.13. The smallest absolute Gasteiger partial charge is 0.387 e. The molecule has 1 aliphatic rings. The molecular formula is C26H22F2N2O4. The number of rotatable bonds is 9. The molecule has 0 aliphatic heterocycles. The Morgan fingerprint density at radius 1 is 0.971 bits per heavy atom. The molecule has 0 unspecified atom stereocenters. The number of halogens is 2. The zero-order valence-electron chi connectivity index (χ0n) is 18.0. The topological polar surface area (TPSA) is 90.7 Å². The molecule has 1 fully saturated rings. The summed E-state index contributed by atoms with van der Waals surface area (Å²) in [5, 5.41) is 2.73. The number of amides is 1. The number of carbonyl (C=O) groups is 2. The van der Waals surface area contributed by atoms with Gasteiger partial charge in [-0.2, -0.15) is 8.78 Å². The summed E-state index contributed by atoms with van der Waals surface area (Å²) in [6, 6.07) is 17.6. The number of ether oxygens (including phenoxy) is 2. The standard InChI is InChI=1S/C26H22F2N2O4/c27-26(28)34-23-14-6-16(15-24(23)33-19-11-12-19)5-13-22(31)17-7-9-18(10-8-17)25(32)30-21-4-2-1-3-20(21)29/h1-10,13-15,19,26H,11-12,29H2,(H,30,32)/b13-5+. The van der Waals surface area contributed by atoms with Gasteiger partial charge in [0.25, 0.3) is 5.91 Å². The highest BCUT2D eigenvalue weighted by Gasteiger charge is 2.25. The van der Waals surface area contributed by atoms with Gasteiger partial charge in [0, 0.05) is 11.1 Å². The summed E-state index contributed by atoms with van der Waals surface area (Å²) in [6.07, 6.45) is 4.64. The van der Waals surface area contributed by atoms with Gasteiger partial charge in [0.2, 0.25) is 0 Å². The fourth-order valence-corrected chi connectivity index (χ4v) is 3.14. The number of ketones is 1. The normalized spacial score (nSPS) is 13.1. The van der Waals surface area contributed by atoms with Gasteiger partial charge >= 0.3 is 6.61 Å². The minimum absolute atomic E-state index is 0.00469. The van der Waals surface area contributed by atoms with Crippen LogP contribution in [0.25, 0.3) is 6.08 Å². The van der Waals surface area contributed by atoms with Crippen LogP contribution in [0.5, 0.6) is 11.5 Å². The maximum atomic E-state index is 12.6. The van der Waals surface area contributed by atoms with Crippen molar-refractivity contribution in [2.75, 3.05) is 11.1 Å². The maximum Gasteiger partial charge on any atom is 0.387 e. The molecule has 1 saturated carbocycles. The van der Waals surface area contributed by atoms with E-state index in [2.05, 4.69) is 10.1 Å². The third-order valence-corrected chi connectivity index (χ3v) is 5.07. The molecule has 0 aromatic heterocycles. The van der Waals surface area contributed by atoms with Crippen molar-refractivity contribution >= 4 is 29.1 Å². The predicted octanol–water partition coefficient (Wildman–Crippen LogP) is 5.56. The molecule has 1 aliphatic carbocycles.